The van der Waals surface area contributed by atoms with E-state index in [2.05, 4.69) is 21.3 Å². The van der Waals surface area contributed by atoms with E-state index in [4.69, 9.17) is 4.74 Å². The van der Waals surface area contributed by atoms with Crippen molar-refractivity contribution >= 4 is 11.6 Å². The number of halogens is 1. The molecule has 0 bridgehead atoms. The standard InChI is InChI=1S/C27H28FN5O2/c28-21-1-4-23(5-2-21)33-12-9-20(18-33)26(34)31-22-3-6-25(30-17-22)27(19-29)10-7-24(8-11-27)32-13-15-35-16-14-32/h1-6,9,12,17-18,24H,7-8,10-11,13-16H2,(H,31,34). The highest BCUT2D eigenvalue weighted by Gasteiger charge is 2.40. The predicted octanol–water partition coefficient (Wildman–Crippen LogP) is 4.30. The Hall–Kier alpha value is -3.54. The fraction of sp³-hybridized carbons (Fsp3) is 0.370. The van der Waals surface area contributed by atoms with Gasteiger partial charge in [-0.15, -0.1) is 0 Å². The first-order valence-electron chi connectivity index (χ1n) is 12.0. The first-order valence-corrected chi connectivity index (χ1v) is 12.0. The molecule has 0 unspecified atom stereocenters. The summed E-state index contributed by atoms with van der Waals surface area (Å²) in [5, 5.41) is 12.9. The van der Waals surface area contributed by atoms with Gasteiger partial charge in [0.05, 0.1) is 47.8 Å². The molecule has 1 aliphatic heterocycles. The molecular weight excluding hydrogens is 445 g/mol. The molecule has 1 saturated carbocycles. The van der Waals surface area contributed by atoms with Crippen LogP contribution in [0.1, 0.15) is 41.7 Å². The van der Waals surface area contributed by atoms with Crippen LogP contribution in [0.5, 0.6) is 0 Å². The van der Waals surface area contributed by atoms with E-state index >= 15 is 0 Å². The number of morpholine rings is 1. The van der Waals surface area contributed by atoms with Gasteiger partial charge in [-0.2, -0.15) is 5.26 Å². The quantitative estimate of drug-likeness (QED) is 0.597. The van der Waals surface area contributed by atoms with E-state index in [0.717, 1.165) is 63.4 Å². The Morgan fingerprint density at radius 2 is 1.86 bits per heavy atom. The number of aromatic nitrogens is 2. The fourth-order valence-electron chi connectivity index (χ4n) is 5.09. The second-order valence-electron chi connectivity index (χ2n) is 9.24. The van der Waals surface area contributed by atoms with Crippen LogP contribution in [0.2, 0.25) is 0 Å². The zero-order valence-corrected chi connectivity index (χ0v) is 19.5. The molecule has 35 heavy (non-hydrogen) atoms. The fourth-order valence-corrected chi connectivity index (χ4v) is 5.09. The Morgan fingerprint density at radius 3 is 2.51 bits per heavy atom. The van der Waals surface area contributed by atoms with Crippen LogP contribution in [0, 0.1) is 17.1 Å². The average Bonchev–Trinajstić information content (AvgIpc) is 3.41. The summed E-state index contributed by atoms with van der Waals surface area (Å²) in [5.41, 5.74) is 2.00. The molecule has 2 aromatic heterocycles. The minimum absolute atomic E-state index is 0.263. The molecule has 7 nitrogen and oxygen atoms in total. The van der Waals surface area contributed by atoms with E-state index in [-0.39, 0.29) is 11.7 Å². The minimum atomic E-state index is -0.586. The van der Waals surface area contributed by atoms with Gasteiger partial charge in [0, 0.05) is 37.2 Å². The van der Waals surface area contributed by atoms with Gasteiger partial charge in [-0.25, -0.2) is 4.39 Å². The molecule has 8 heteroatoms. The maximum absolute atomic E-state index is 13.2. The van der Waals surface area contributed by atoms with Gasteiger partial charge in [-0.05, 0) is 68.1 Å². The number of amides is 1. The molecule has 180 valence electrons. The molecule has 1 aromatic carbocycles. The van der Waals surface area contributed by atoms with Crippen LogP contribution in [0.15, 0.2) is 61.1 Å². The van der Waals surface area contributed by atoms with Gasteiger partial charge in [0.25, 0.3) is 5.91 Å². The molecule has 2 fully saturated rings. The highest BCUT2D eigenvalue weighted by molar-refractivity contribution is 6.04. The molecular formula is C27H28FN5O2. The van der Waals surface area contributed by atoms with Crippen molar-refractivity contribution in [3.8, 4) is 11.8 Å². The summed E-state index contributed by atoms with van der Waals surface area (Å²) in [6.45, 7) is 3.49. The molecule has 1 amide bonds. The summed E-state index contributed by atoms with van der Waals surface area (Å²) in [5.74, 6) is -0.570. The smallest absolute Gasteiger partial charge is 0.257 e. The molecule has 1 saturated heterocycles. The van der Waals surface area contributed by atoms with Crippen LogP contribution < -0.4 is 5.32 Å². The van der Waals surface area contributed by atoms with E-state index in [1.165, 1.54) is 12.1 Å². The number of carbonyl (C=O) groups is 1. The van der Waals surface area contributed by atoms with Crippen molar-refractivity contribution in [3.05, 3.63) is 78.1 Å². The third-order valence-corrected chi connectivity index (χ3v) is 7.18. The molecule has 3 heterocycles. The summed E-state index contributed by atoms with van der Waals surface area (Å²) < 4.78 is 20.4. The Morgan fingerprint density at radius 1 is 1.11 bits per heavy atom. The maximum atomic E-state index is 13.2. The van der Waals surface area contributed by atoms with Gasteiger partial charge in [0.2, 0.25) is 0 Å². The second kappa shape index (κ2) is 9.98. The largest absolute Gasteiger partial charge is 0.379 e. The zero-order valence-electron chi connectivity index (χ0n) is 19.5. The number of hydrogen-bond donors (Lipinski definition) is 1. The van der Waals surface area contributed by atoms with Crippen LogP contribution in [-0.4, -0.2) is 52.7 Å². The molecule has 0 spiro atoms. The van der Waals surface area contributed by atoms with Gasteiger partial charge in [-0.3, -0.25) is 14.7 Å². The van der Waals surface area contributed by atoms with Crippen molar-refractivity contribution in [2.24, 2.45) is 0 Å². The Bertz CT molecular complexity index is 1200. The highest BCUT2D eigenvalue weighted by atomic mass is 19.1. The number of carbonyl (C=O) groups excluding carboxylic acids is 1. The van der Waals surface area contributed by atoms with E-state index in [1.807, 2.05) is 12.1 Å². The molecule has 0 radical (unpaired) electrons. The second-order valence-corrected chi connectivity index (χ2v) is 9.24. The van der Waals surface area contributed by atoms with Crippen molar-refractivity contribution in [2.75, 3.05) is 31.6 Å². The van der Waals surface area contributed by atoms with Crippen LogP contribution >= 0.6 is 0 Å². The van der Waals surface area contributed by atoms with Gasteiger partial charge in [0.15, 0.2) is 0 Å². The maximum Gasteiger partial charge on any atom is 0.257 e. The highest BCUT2D eigenvalue weighted by Crippen LogP contribution is 2.40. The van der Waals surface area contributed by atoms with Crippen LogP contribution in [0.3, 0.4) is 0 Å². The summed E-state index contributed by atoms with van der Waals surface area (Å²) >= 11 is 0. The number of anilines is 1. The lowest BCUT2D eigenvalue weighted by Crippen LogP contribution is -2.47. The van der Waals surface area contributed by atoms with Gasteiger partial charge < -0.3 is 14.6 Å². The van der Waals surface area contributed by atoms with Crippen LogP contribution in [0.25, 0.3) is 5.69 Å². The van der Waals surface area contributed by atoms with E-state index in [0.29, 0.717) is 17.3 Å². The molecule has 0 atom stereocenters. The number of ether oxygens (including phenoxy) is 1. The van der Waals surface area contributed by atoms with Gasteiger partial charge in [0.1, 0.15) is 5.82 Å². The summed E-state index contributed by atoms with van der Waals surface area (Å²) in [7, 11) is 0. The van der Waals surface area contributed by atoms with Crippen molar-refractivity contribution in [1.82, 2.24) is 14.5 Å². The summed E-state index contributed by atoms with van der Waals surface area (Å²) in [6, 6.07) is 14.5. The van der Waals surface area contributed by atoms with Crippen LogP contribution in [0.4, 0.5) is 10.1 Å². The minimum Gasteiger partial charge on any atom is -0.379 e. The van der Waals surface area contributed by atoms with E-state index in [9.17, 15) is 14.4 Å². The molecule has 1 N–H and O–H groups in total. The van der Waals surface area contributed by atoms with Crippen molar-refractivity contribution in [1.29, 1.82) is 5.26 Å². The Balaban J connectivity index is 1.22. The monoisotopic (exact) mass is 473 g/mol. The number of benzene rings is 1. The van der Waals surface area contributed by atoms with Crippen molar-refractivity contribution in [2.45, 2.75) is 37.1 Å². The Kier molecular flexibility index (Phi) is 6.62. The van der Waals surface area contributed by atoms with E-state index in [1.54, 1.807) is 41.4 Å². The average molecular weight is 474 g/mol. The van der Waals surface area contributed by atoms with Crippen molar-refractivity contribution < 1.29 is 13.9 Å². The molecule has 5 rings (SSSR count). The predicted molar refractivity (Wildman–Crippen MR) is 130 cm³/mol. The third kappa shape index (κ3) is 4.97. The lowest BCUT2D eigenvalue weighted by molar-refractivity contribution is 0.00493. The lowest BCUT2D eigenvalue weighted by atomic mass is 9.71. The number of rotatable bonds is 5. The van der Waals surface area contributed by atoms with E-state index < -0.39 is 5.41 Å². The first-order chi connectivity index (χ1) is 17.1. The summed E-state index contributed by atoms with van der Waals surface area (Å²) in [4.78, 5) is 19.8. The van der Waals surface area contributed by atoms with Gasteiger partial charge >= 0.3 is 0 Å². The van der Waals surface area contributed by atoms with Gasteiger partial charge in [-0.1, -0.05) is 0 Å². The number of nitrogens with one attached hydrogen (secondary N) is 1. The topological polar surface area (TPSA) is 83.2 Å². The summed E-state index contributed by atoms with van der Waals surface area (Å²) in [6.07, 6.45) is 8.58. The number of pyridine rings is 1. The lowest BCUT2D eigenvalue weighted by Gasteiger charge is -2.41. The molecule has 3 aromatic rings. The van der Waals surface area contributed by atoms with Crippen LogP contribution in [-0.2, 0) is 10.2 Å². The number of nitrogens with zero attached hydrogens (tertiary/aromatic N) is 4. The number of nitriles is 1. The SMILES string of the molecule is N#CC1(c2ccc(NC(=O)c3ccn(-c4ccc(F)cc4)c3)cn2)CCC(N2CCOCC2)CC1. The zero-order chi connectivity index (χ0) is 24.3. The first kappa shape index (κ1) is 23.2. The molecule has 1 aliphatic carbocycles. The normalized spacial score (nSPS) is 22.9. The third-order valence-electron chi connectivity index (χ3n) is 7.18. The van der Waals surface area contributed by atoms with Crippen molar-refractivity contribution in [3.63, 3.8) is 0 Å². The number of hydrogen-bond acceptors (Lipinski definition) is 5. The Labute approximate surface area is 204 Å². The molecule has 2 aliphatic rings.